The third-order valence-electron chi connectivity index (χ3n) is 2.27. The second-order valence-electron chi connectivity index (χ2n) is 3.60. The molecule has 0 fully saturated rings. The van der Waals surface area contributed by atoms with Gasteiger partial charge in [-0.2, -0.15) is 4.98 Å². The quantitative estimate of drug-likeness (QED) is 0.629. The van der Waals surface area contributed by atoms with E-state index in [4.69, 9.17) is 10.5 Å². The lowest BCUT2D eigenvalue weighted by atomic mass is 10.3. The van der Waals surface area contributed by atoms with Crippen molar-refractivity contribution in [2.75, 3.05) is 12.3 Å². The van der Waals surface area contributed by atoms with Gasteiger partial charge in [0, 0.05) is 18.3 Å². The van der Waals surface area contributed by atoms with Crippen LogP contribution in [0.15, 0.2) is 30.6 Å². The van der Waals surface area contributed by atoms with Crippen molar-refractivity contribution in [1.82, 2.24) is 15.0 Å². The SMILES string of the molecule is Nc1ncc([N+](=O)[O-])c(OCCc2ccccn2)n1. The molecule has 8 heteroatoms. The van der Waals surface area contributed by atoms with Crippen molar-refractivity contribution in [2.45, 2.75) is 6.42 Å². The van der Waals surface area contributed by atoms with Gasteiger partial charge in [-0.3, -0.25) is 15.1 Å². The van der Waals surface area contributed by atoms with Crippen molar-refractivity contribution in [3.63, 3.8) is 0 Å². The van der Waals surface area contributed by atoms with E-state index in [1.807, 2.05) is 12.1 Å². The molecule has 0 amide bonds. The number of ether oxygens (including phenoxy) is 1. The summed E-state index contributed by atoms with van der Waals surface area (Å²) in [5.74, 6) is -0.202. The first kappa shape index (κ1) is 12.7. The second-order valence-corrected chi connectivity index (χ2v) is 3.60. The minimum atomic E-state index is -0.616. The Morgan fingerprint density at radius 2 is 2.21 bits per heavy atom. The van der Waals surface area contributed by atoms with Crippen LogP contribution in [0.3, 0.4) is 0 Å². The highest BCUT2D eigenvalue weighted by molar-refractivity contribution is 5.41. The molecule has 0 saturated heterocycles. The van der Waals surface area contributed by atoms with Gasteiger partial charge in [0.05, 0.1) is 11.5 Å². The summed E-state index contributed by atoms with van der Waals surface area (Å²) in [6, 6.07) is 5.50. The van der Waals surface area contributed by atoms with E-state index in [1.165, 1.54) is 0 Å². The number of nitrogens with zero attached hydrogens (tertiary/aromatic N) is 4. The summed E-state index contributed by atoms with van der Waals surface area (Å²) in [7, 11) is 0. The molecule has 0 bridgehead atoms. The van der Waals surface area contributed by atoms with Gasteiger partial charge in [0.2, 0.25) is 5.95 Å². The fourth-order valence-electron chi connectivity index (χ4n) is 1.40. The van der Waals surface area contributed by atoms with Gasteiger partial charge in [0.25, 0.3) is 5.88 Å². The van der Waals surface area contributed by atoms with Gasteiger partial charge in [-0.1, -0.05) is 6.07 Å². The molecule has 0 radical (unpaired) electrons. The van der Waals surface area contributed by atoms with Crippen LogP contribution >= 0.6 is 0 Å². The molecule has 0 aliphatic heterocycles. The Morgan fingerprint density at radius 1 is 1.37 bits per heavy atom. The van der Waals surface area contributed by atoms with Crippen LogP contribution in [0.25, 0.3) is 0 Å². The zero-order valence-corrected chi connectivity index (χ0v) is 9.89. The third-order valence-corrected chi connectivity index (χ3v) is 2.27. The number of hydrogen-bond donors (Lipinski definition) is 1. The van der Waals surface area contributed by atoms with Gasteiger partial charge < -0.3 is 10.5 Å². The van der Waals surface area contributed by atoms with E-state index < -0.39 is 4.92 Å². The van der Waals surface area contributed by atoms with Crippen LogP contribution in [0.5, 0.6) is 5.88 Å². The molecule has 0 spiro atoms. The fraction of sp³-hybridized carbons (Fsp3) is 0.182. The van der Waals surface area contributed by atoms with Crippen molar-refractivity contribution in [1.29, 1.82) is 0 Å². The molecule has 0 aliphatic rings. The molecule has 2 heterocycles. The molecule has 0 atom stereocenters. The summed E-state index contributed by atoms with van der Waals surface area (Å²) in [5.41, 5.74) is 5.89. The molecule has 19 heavy (non-hydrogen) atoms. The Hall–Kier alpha value is -2.77. The van der Waals surface area contributed by atoms with Crippen molar-refractivity contribution in [3.05, 3.63) is 46.4 Å². The second kappa shape index (κ2) is 5.71. The van der Waals surface area contributed by atoms with Crippen molar-refractivity contribution >= 4 is 11.6 Å². The summed E-state index contributed by atoms with van der Waals surface area (Å²) in [4.78, 5) is 21.5. The number of aromatic nitrogens is 3. The number of rotatable bonds is 5. The number of nitrogens with two attached hydrogens (primary N) is 1. The van der Waals surface area contributed by atoms with E-state index in [-0.39, 0.29) is 24.1 Å². The fourth-order valence-corrected chi connectivity index (χ4v) is 1.40. The van der Waals surface area contributed by atoms with E-state index in [2.05, 4.69) is 15.0 Å². The Bertz CT molecular complexity index is 576. The molecule has 8 nitrogen and oxygen atoms in total. The molecular formula is C11H11N5O3. The molecule has 0 unspecified atom stereocenters. The lowest BCUT2D eigenvalue weighted by Gasteiger charge is -2.05. The van der Waals surface area contributed by atoms with Crippen LogP contribution in [-0.2, 0) is 6.42 Å². The minimum Gasteiger partial charge on any atom is -0.472 e. The van der Waals surface area contributed by atoms with Crippen LogP contribution < -0.4 is 10.5 Å². The smallest absolute Gasteiger partial charge is 0.349 e. The average Bonchev–Trinajstić information content (AvgIpc) is 2.39. The van der Waals surface area contributed by atoms with Crippen LogP contribution in [0.2, 0.25) is 0 Å². The molecular weight excluding hydrogens is 250 g/mol. The first-order valence-corrected chi connectivity index (χ1v) is 5.46. The number of nitrogen functional groups attached to an aromatic ring is 1. The molecule has 2 aromatic heterocycles. The van der Waals surface area contributed by atoms with Crippen LogP contribution in [0.1, 0.15) is 5.69 Å². The summed E-state index contributed by atoms with van der Waals surface area (Å²) < 4.78 is 5.27. The van der Waals surface area contributed by atoms with Crippen LogP contribution in [0, 0.1) is 10.1 Å². The Balaban J connectivity index is 2.03. The van der Waals surface area contributed by atoms with E-state index >= 15 is 0 Å². The highest BCUT2D eigenvalue weighted by atomic mass is 16.6. The van der Waals surface area contributed by atoms with Gasteiger partial charge in [0.15, 0.2) is 0 Å². The standard InChI is InChI=1S/C11H11N5O3/c12-11-14-7-9(16(17)18)10(15-11)19-6-4-8-3-1-2-5-13-8/h1-3,5,7H,4,6H2,(H2,12,14,15). The minimum absolute atomic E-state index is 0.0709. The Labute approximate surface area is 108 Å². The Morgan fingerprint density at radius 3 is 2.89 bits per heavy atom. The number of anilines is 1. The highest BCUT2D eigenvalue weighted by Gasteiger charge is 2.18. The lowest BCUT2D eigenvalue weighted by molar-refractivity contribution is -0.386. The van der Waals surface area contributed by atoms with Crippen molar-refractivity contribution in [2.24, 2.45) is 0 Å². The van der Waals surface area contributed by atoms with Crippen molar-refractivity contribution in [3.8, 4) is 5.88 Å². The maximum absolute atomic E-state index is 10.8. The van der Waals surface area contributed by atoms with Gasteiger partial charge in [-0.05, 0) is 12.1 Å². The normalized spacial score (nSPS) is 10.1. The predicted molar refractivity (Wildman–Crippen MR) is 66.5 cm³/mol. The number of hydrogen-bond acceptors (Lipinski definition) is 7. The number of nitro groups is 1. The zero-order valence-electron chi connectivity index (χ0n) is 9.89. The average molecular weight is 261 g/mol. The topological polar surface area (TPSA) is 117 Å². The van der Waals surface area contributed by atoms with Gasteiger partial charge >= 0.3 is 5.69 Å². The molecule has 2 N–H and O–H groups in total. The third kappa shape index (κ3) is 3.35. The van der Waals surface area contributed by atoms with Gasteiger partial charge in [-0.25, -0.2) is 4.98 Å². The summed E-state index contributed by atoms with van der Waals surface area (Å²) in [5, 5.41) is 10.8. The van der Waals surface area contributed by atoms with Crippen LogP contribution in [0.4, 0.5) is 11.6 Å². The van der Waals surface area contributed by atoms with Crippen molar-refractivity contribution < 1.29 is 9.66 Å². The molecule has 0 saturated carbocycles. The first-order valence-electron chi connectivity index (χ1n) is 5.46. The van der Waals surface area contributed by atoms with Gasteiger partial charge in [-0.15, -0.1) is 0 Å². The maximum Gasteiger partial charge on any atom is 0.349 e. The van der Waals surface area contributed by atoms with E-state index in [0.717, 1.165) is 11.9 Å². The molecule has 0 aliphatic carbocycles. The van der Waals surface area contributed by atoms with Gasteiger partial charge in [0.1, 0.15) is 6.20 Å². The molecule has 98 valence electrons. The first-order chi connectivity index (χ1) is 9.16. The van der Waals surface area contributed by atoms with E-state index in [1.54, 1.807) is 12.3 Å². The zero-order chi connectivity index (χ0) is 13.7. The van der Waals surface area contributed by atoms with E-state index in [0.29, 0.717) is 6.42 Å². The molecule has 2 aromatic rings. The van der Waals surface area contributed by atoms with Crippen LogP contribution in [-0.4, -0.2) is 26.5 Å². The molecule has 2 rings (SSSR count). The Kier molecular flexibility index (Phi) is 3.81. The summed E-state index contributed by atoms with van der Waals surface area (Å²) >= 11 is 0. The lowest BCUT2D eigenvalue weighted by Crippen LogP contribution is -2.07. The highest BCUT2D eigenvalue weighted by Crippen LogP contribution is 2.23. The summed E-state index contributed by atoms with van der Waals surface area (Å²) in [6.07, 6.45) is 3.21. The number of pyridine rings is 1. The van der Waals surface area contributed by atoms with E-state index in [9.17, 15) is 10.1 Å². The molecule has 0 aromatic carbocycles. The summed E-state index contributed by atoms with van der Waals surface area (Å²) in [6.45, 7) is 0.217. The predicted octanol–water partition coefficient (Wildman–Crippen LogP) is 0.983. The largest absolute Gasteiger partial charge is 0.472 e. The maximum atomic E-state index is 10.8. The monoisotopic (exact) mass is 261 g/mol.